The minimum atomic E-state index is -0.563. The van der Waals surface area contributed by atoms with Gasteiger partial charge in [0.05, 0.1) is 0 Å². The molecule has 1 aliphatic heterocycles. The number of piperazine rings is 1. The molecule has 1 fully saturated rings. The van der Waals surface area contributed by atoms with Crippen molar-refractivity contribution in [2.75, 3.05) is 39.3 Å². The normalized spacial score (nSPS) is 17.6. The molecule has 0 bridgehead atoms. The van der Waals surface area contributed by atoms with E-state index in [1.807, 2.05) is 12.1 Å². The first-order valence-corrected chi connectivity index (χ1v) is 8.44. The van der Waals surface area contributed by atoms with Crippen molar-refractivity contribution < 1.29 is 14.6 Å². The molecular weight excluding hydrogens is 306 g/mol. The summed E-state index contributed by atoms with van der Waals surface area (Å²) in [5.41, 5.74) is 6.63. The molecule has 1 aromatic rings. The maximum absolute atomic E-state index is 11.1. The summed E-state index contributed by atoms with van der Waals surface area (Å²) in [5, 5.41) is 10.1. The molecule has 1 aromatic carbocycles. The molecule has 0 aromatic heterocycles. The first-order chi connectivity index (χ1) is 11.3. The highest BCUT2D eigenvalue weighted by Gasteiger charge is 2.21. The molecule has 1 unspecified atom stereocenters. The maximum Gasteiger partial charge on any atom is 0.314 e. The van der Waals surface area contributed by atoms with Crippen LogP contribution >= 0.6 is 0 Å². The number of aliphatic hydroxyl groups is 1. The number of urea groups is 1. The van der Waals surface area contributed by atoms with E-state index in [0.717, 1.165) is 18.8 Å². The van der Waals surface area contributed by atoms with Crippen molar-refractivity contribution in [2.45, 2.75) is 32.3 Å². The Morgan fingerprint density at radius 1 is 1.21 bits per heavy atom. The topological polar surface area (TPSA) is 79.0 Å². The van der Waals surface area contributed by atoms with E-state index in [0.29, 0.717) is 19.6 Å². The van der Waals surface area contributed by atoms with E-state index in [2.05, 4.69) is 37.8 Å². The van der Waals surface area contributed by atoms with Gasteiger partial charge in [0.15, 0.2) is 0 Å². The monoisotopic (exact) mass is 335 g/mol. The van der Waals surface area contributed by atoms with Gasteiger partial charge < -0.3 is 20.5 Å². The number of ether oxygens (including phenoxy) is 1. The van der Waals surface area contributed by atoms with Crippen LogP contribution in [0.25, 0.3) is 0 Å². The van der Waals surface area contributed by atoms with Gasteiger partial charge in [-0.2, -0.15) is 0 Å². The predicted octanol–water partition coefficient (Wildman–Crippen LogP) is 1.42. The highest BCUT2D eigenvalue weighted by Crippen LogP contribution is 2.24. The summed E-state index contributed by atoms with van der Waals surface area (Å²) in [7, 11) is 0. The first kappa shape index (κ1) is 18.5. The Labute approximate surface area is 144 Å². The SMILES string of the molecule is CC(C)(C)c1ccc(OCC(O)CN2CCN(C(N)=O)CC2)cc1. The lowest BCUT2D eigenvalue weighted by molar-refractivity contribution is 0.0522. The van der Waals surface area contributed by atoms with Gasteiger partial charge in [-0.1, -0.05) is 32.9 Å². The zero-order valence-electron chi connectivity index (χ0n) is 14.9. The van der Waals surface area contributed by atoms with Gasteiger partial charge in [-0.25, -0.2) is 4.79 Å². The smallest absolute Gasteiger partial charge is 0.314 e. The third kappa shape index (κ3) is 5.39. The van der Waals surface area contributed by atoms with Crippen molar-refractivity contribution in [3.63, 3.8) is 0 Å². The van der Waals surface area contributed by atoms with Crippen molar-refractivity contribution in [1.29, 1.82) is 0 Å². The second-order valence-corrected chi connectivity index (χ2v) is 7.37. The third-order valence-electron chi connectivity index (χ3n) is 4.32. The molecule has 0 spiro atoms. The molecule has 1 aliphatic rings. The van der Waals surface area contributed by atoms with Gasteiger partial charge in [-0.15, -0.1) is 0 Å². The number of hydrogen-bond acceptors (Lipinski definition) is 4. The molecule has 1 heterocycles. The number of benzene rings is 1. The Bertz CT molecular complexity index is 531. The van der Waals surface area contributed by atoms with Crippen LogP contribution in [0.5, 0.6) is 5.75 Å². The van der Waals surface area contributed by atoms with Crippen LogP contribution in [0.1, 0.15) is 26.3 Å². The molecule has 0 saturated carbocycles. The second-order valence-electron chi connectivity index (χ2n) is 7.37. The number of rotatable bonds is 5. The minimum absolute atomic E-state index is 0.116. The Morgan fingerprint density at radius 3 is 2.29 bits per heavy atom. The standard InChI is InChI=1S/C18H29N3O3/c1-18(2,3)14-4-6-16(7-5-14)24-13-15(22)12-20-8-10-21(11-9-20)17(19)23/h4-7,15,22H,8-13H2,1-3H3,(H2,19,23). The molecular formula is C18H29N3O3. The van der Waals surface area contributed by atoms with Crippen LogP contribution in [-0.2, 0) is 5.41 Å². The highest BCUT2D eigenvalue weighted by atomic mass is 16.5. The fraction of sp³-hybridized carbons (Fsp3) is 0.611. The number of carbonyl (C=O) groups excluding carboxylic acids is 1. The summed E-state index contributed by atoms with van der Waals surface area (Å²) in [6.45, 7) is 9.96. The van der Waals surface area contributed by atoms with Gasteiger partial charge in [-0.05, 0) is 23.1 Å². The van der Waals surface area contributed by atoms with Crippen LogP contribution in [0, 0.1) is 0 Å². The molecule has 134 valence electrons. The highest BCUT2D eigenvalue weighted by molar-refractivity contribution is 5.72. The number of primary amides is 1. The van der Waals surface area contributed by atoms with Crippen molar-refractivity contribution in [1.82, 2.24) is 9.80 Å². The number of nitrogens with zero attached hydrogens (tertiary/aromatic N) is 2. The minimum Gasteiger partial charge on any atom is -0.491 e. The fourth-order valence-electron chi connectivity index (χ4n) is 2.75. The molecule has 6 nitrogen and oxygen atoms in total. The van der Waals surface area contributed by atoms with Gasteiger partial charge in [0, 0.05) is 32.7 Å². The Balaban J connectivity index is 1.73. The van der Waals surface area contributed by atoms with Crippen molar-refractivity contribution in [2.24, 2.45) is 5.73 Å². The molecule has 1 saturated heterocycles. The van der Waals surface area contributed by atoms with Crippen LogP contribution in [0.15, 0.2) is 24.3 Å². The summed E-state index contributed by atoms with van der Waals surface area (Å²) < 4.78 is 5.68. The van der Waals surface area contributed by atoms with Gasteiger partial charge in [0.1, 0.15) is 18.5 Å². The number of β-amino-alcohol motifs (C(OH)–C–C–N with tert-alkyl or cyclic N) is 1. The van der Waals surface area contributed by atoms with E-state index in [-0.39, 0.29) is 18.1 Å². The van der Waals surface area contributed by atoms with E-state index in [9.17, 15) is 9.90 Å². The second kappa shape index (κ2) is 7.85. The van der Waals surface area contributed by atoms with Crippen molar-refractivity contribution >= 4 is 6.03 Å². The molecule has 6 heteroatoms. The van der Waals surface area contributed by atoms with Crippen molar-refractivity contribution in [3.8, 4) is 5.75 Å². The summed E-state index contributed by atoms with van der Waals surface area (Å²) in [4.78, 5) is 14.8. The lowest BCUT2D eigenvalue weighted by Gasteiger charge is -2.34. The molecule has 0 radical (unpaired) electrons. The van der Waals surface area contributed by atoms with Gasteiger partial charge >= 0.3 is 6.03 Å². The van der Waals surface area contributed by atoms with Gasteiger partial charge in [0.2, 0.25) is 0 Å². The first-order valence-electron chi connectivity index (χ1n) is 8.44. The van der Waals surface area contributed by atoms with E-state index in [1.54, 1.807) is 4.90 Å². The maximum atomic E-state index is 11.1. The number of carbonyl (C=O) groups is 1. The Hall–Kier alpha value is -1.79. The lowest BCUT2D eigenvalue weighted by Crippen LogP contribution is -2.52. The zero-order valence-corrected chi connectivity index (χ0v) is 14.9. The molecule has 2 amide bonds. The Morgan fingerprint density at radius 2 is 1.79 bits per heavy atom. The molecule has 2 rings (SSSR count). The summed E-state index contributed by atoms with van der Waals surface area (Å²) in [6, 6.07) is 7.63. The van der Waals surface area contributed by atoms with Crippen LogP contribution in [0.2, 0.25) is 0 Å². The van der Waals surface area contributed by atoms with Gasteiger partial charge in [0.25, 0.3) is 0 Å². The zero-order chi connectivity index (χ0) is 17.7. The van der Waals surface area contributed by atoms with Crippen LogP contribution in [-0.4, -0.2) is 66.4 Å². The fourth-order valence-corrected chi connectivity index (χ4v) is 2.75. The quantitative estimate of drug-likeness (QED) is 0.853. The van der Waals surface area contributed by atoms with E-state index in [4.69, 9.17) is 10.5 Å². The third-order valence-corrected chi connectivity index (χ3v) is 4.32. The molecule has 24 heavy (non-hydrogen) atoms. The van der Waals surface area contributed by atoms with E-state index >= 15 is 0 Å². The number of nitrogens with two attached hydrogens (primary N) is 1. The molecule has 3 N–H and O–H groups in total. The number of hydrogen-bond donors (Lipinski definition) is 2. The van der Waals surface area contributed by atoms with Crippen molar-refractivity contribution in [3.05, 3.63) is 29.8 Å². The summed E-state index contributed by atoms with van der Waals surface area (Å²) in [5.74, 6) is 0.764. The van der Waals surface area contributed by atoms with Gasteiger partial charge in [-0.3, -0.25) is 4.90 Å². The van der Waals surface area contributed by atoms with Crippen LogP contribution < -0.4 is 10.5 Å². The lowest BCUT2D eigenvalue weighted by atomic mass is 9.87. The average Bonchev–Trinajstić information content (AvgIpc) is 2.53. The van der Waals surface area contributed by atoms with E-state index < -0.39 is 6.10 Å². The molecule has 0 aliphatic carbocycles. The molecule has 1 atom stereocenters. The Kier molecular flexibility index (Phi) is 6.07. The number of aliphatic hydroxyl groups excluding tert-OH is 1. The average molecular weight is 335 g/mol. The largest absolute Gasteiger partial charge is 0.491 e. The van der Waals surface area contributed by atoms with Crippen LogP contribution in [0.4, 0.5) is 4.79 Å². The summed E-state index contributed by atoms with van der Waals surface area (Å²) in [6.07, 6.45) is -0.563. The number of amides is 2. The summed E-state index contributed by atoms with van der Waals surface area (Å²) >= 11 is 0. The predicted molar refractivity (Wildman–Crippen MR) is 94.2 cm³/mol. The van der Waals surface area contributed by atoms with E-state index in [1.165, 1.54) is 5.56 Å². The van der Waals surface area contributed by atoms with Crippen LogP contribution in [0.3, 0.4) is 0 Å².